The Kier molecular flexibility index (Phi) is 7.41. The van der Waals surface area contributed by atoms with Gasteiger partial charge in [-0.05, 0) is 6.07 Å². The van der Waals surface area contributed by atoms with Crippen LogP contribution in [0, 0.1) is 0 Å². The van der Waals surface area contributed by atoms with E-state index in [9.17, 15) is 34.0 Å². The van der Waals surface area contributed by atoms with Gasteiger partial charge >= 0.3 is 10.4 Å². The number of benzene rings is 1. The van der Waals surface area contributed by atoms with Crippen LogP contribution in [0.4, 0.5) is 0 Å². The lowest BCUT2D eigenvalue weighted by Gasteiger charge is -2.39. The summed E-state index contributed by atoms with van der Waals surface area (Å²) in [6.45, 7) is -0.643. The van der Waals surface area contributed by atoms with Gasteiger partial charge in [0.25, 0.3) is 0 Å². The maximum absolute atomic E-state index is 10.8. The van der Waals surface area contributed by atoms with Gasteiger partial charge in [0.1, 0.15) is 40.6 Å². The Morgan fingerprint density at radius 3 is 2.44 bits per heavy atom. The van der Waals surface area contributed by atoms with E-state index in [2.05, 4.69) is 9.44 Å². The summed E-state index contributed by atoms with van der Waals surface area (Å²) in [5, 5.41) is 51.9. The Morgan fingerprint density at radius 2 is 1.85 bits per heavy atom. The van der Waals surface area contributed by atoms with Crippen molar-refractivity contribution in [3.63, 3.8) is 0 Å². The van der Waals surface area contributed by atoms with Crippen molar-refractivity contribution >= 4 is 27.2 Å². The van der Waals surface area contributed by atoms with Gasteiger partial charge in [-0.3, -0.25) is 4.55 Å². The van der Waals surface area contributed by atoms with E-state index < -0.39 is 46.9 Å². The number of phenolic OH excluding ortho intramolecular Hbond substituents is 1. The Morgan fingerprint density at radius 1 is 1.19 bits per heavy atom. The van der Waals surface area contributed by atoms with Crippen molar-refractivity contribution in [2.45, 2.75) is 36.3 Å². The van der Waals surface area contributed by atoms with Crippen LogP contribution in [0.5, 0.6) is 5.75 Å². The average Bonchev–Trinajstić information content (AvgIpc) is 2.61. The molecule has 1 aliphatic rings. The highest BCUT2D eigenvalue weighted by molar-refractivity contribution is 8.14. The second-order valence-corrected chi connectivity index (χ2v) is 7.78. The lowest BCUT2D eigenvalue weighted by Crippen LogP contribution is -2.57. The van der Waals surface area contributed by atoms with Crippen molar-refractivity contribution in [1.82, 2.24) is 0 Å². The fraction of sp³-hybridized carbons (Fsp3) is 0.500. The van der Waals surface area contributed by atoms with Crippen LogP contribution in [-0.2, 0) is 25.8 Å². The molecule has 1 aromatic carbocycles. The van der Waals surface area contributed by atoms with Gasteiger partial charge in [-0.2, -0.15) is 8.42 Å². The van der Waals surface area contributed by atoms with E-state index in [4.69, 9.17) is 9.29 Å². The predicted molar refractivity (Wildman–Crippen MR) is 93.2 cm³/mol. The van der Waals surface area contributed by atoms with Crippen molar-refractivity contribution in [2.75, 3.05) is 6.61 Å². The zero-order valence-corrected chi connectivity index (χ0v) is 15.3. The molecule has 1 heterocycles. The zero-order valence-electron chi connectivity index (χ0n) is 13.7. The molecule has 1 aromatic rings. The molecule has 152 valence electrons. The van der Waals surface area contributed by atoms with Crippen LogP contribution in [-0.4, -0.2) is 80.0 Å². The molecule has 0 spiro atoms. The molecular formula is C14H19NO10S2. The summed E-state index contributed by atoms with van der Waals surface area (Å²) in [5.41, 5.74) is -0.928. The van der Waals surface area contributed by atoms with Crippen molar-refractivity contribution in [3.05, 3.63) is 29.8 Å². The molecule has 0 aliphatic carbocycles. The molecule has 0 bridgehead atoms. The van der Waals surface area contributed by atoms with Gasteiger partial charge < -0.3 is 30.3 Å². The molecule has 27 heavy (non-hydrogen) atoms. The lowest BCUT2D eigenvalue weighted by atomic mass is 10.0. The van der Waals surface area contributed by atoms with Gasteiger partial charge in [-0.15, -0.1) is 0 Å². The molecule has 0 saturated carbocycles. The van der Waals surface area contributed by atoms with Crippen LogP contribution >= 0.6 is 11.8 Å². The van der Waals surface area contributed by atoms with Gasteiger partial charge in [-0.1, -0.05) is 35.1 Å². The number of rotatable bonds is 6. The molecule has 0 unspecified atom stereocenters. The second-order valence-electron chi connectivity index (χ2n) is 5.61. The Hall–Kier alpha value is -1.45. The third-order valence-electron chi connectivity index (χ3n) is 3.67. The molecule has 0 radical (unpaired) electrons. The van der Waals surface area contributed by atoms with Crippen LogP contribution in [0.1, 0.15) is 5.56 Å². The van der Waals surface area contributed by atoms with E-state index in [1.54, 1.807) is 12.1 Å². The molecule has 1 fully saturated rings. The summed E-state index contributed by atoms with van der Waals surface area (Å²) in [6, 6.07) is 6.07. The number of hydrogen-bond acceptors (Lipinski definition) is 11. The molecule has 13 heteroatoms. The Balaban J connectivity index is 2.24. The number of thioether (sulfide) groups is 1. The van der Waals surface area contributed by atoms with E-state index >= 15 is 0 Å². The first kappa shape index (κ1) is 21.8. The van der Waals surface area contributed by atoms with Crippen LogP contribution in [0.2, 0.25) is 0 Å². The summed E-state index contributed by atoms with van der Waals surface area (Å²) < 4.78 is 39.6. The highest BCUT2D eigenvalue weighted by Gasteiger charge is 2.44. The predicted octanol–water partition coefficient (Wildman–Crippen LogP) is -1.40. The van der Waals surface area contributed by atoms with E-state index in [-0.39, 0.29) is 17.2 Å². The summed E-state index contributed by atoms with van der Waals surface area (Å²) in [7, 11) is -4.91. The maximum atomic E-state index is 10.8. The van der Waals surface area contributed by atoms with Gasteiger partial charge in [0.15, 0.2) is 0 Å². The topological polar surface area (TPSA) is 186 Å². The standard InChI is InChI=1S/C14H19NO10S2/c16-6-9-11(18)12(19)13(20)14(24-9)26-10(15-25-27(21,22)23)5-7-3-1-2-4-8(7)17/h1-4,9,11-14,16-20H,5-6H2,(H,21,22,23)/b15-10+/t9-,11-,12+,13+,14+/m0/s1. The van der Waals surface area contributed by atoms with Crippen molar-refractivity contribution in [3.8, 4) is 5.75 Å². The van der Waals surface area contributed by atoms with Crippen LogP contribution < -0.4 is 0 Å². The van der Waals surface area contributed by atoms with Crippen LogP contribution in [0.3, 0.4) is 0 Å². The molecular weight excluding hydrogens is 406 g/mol. The smallest absolute Gasteiger partial charge is 0.466 e. The normalized spacial score (nSPS) is 29.5. The minimum absolute atomic E-state index is 0.119. The summed E-state index contributed by atoms with van der Waals surface area (Å²) in [5.74, 6) is -0.119. The number of oxime groups is 1. The first-order chi connectivity index (χ1) is 12.6. The monoisotopic (exact) mass is 425 g/mol. The number of nitrogens with zero attached hydrogens (tertiary/aromatic N) is 1. The van der Waals surface area contributed by atoms with E-state index in [0.29, 0.717) is 17.3 Å². The molecule has 2 rings (SSSR count). The molecule has 5 atom stereocenters. The van der Waals surface area contributed by atoms with Crippen molar-refractivity contribution < 1.29 is 47.5 Å². The molecule has 0 aromatic heterocycles. The Labute approximate surface area is 158 Å². The molecule has 6 N–H and O–H groups in total. The molecule has 0 amide bonds. The highest BCUT2D eigenvalue weighted by Crippen LogP contribution is 2.31. The third-order valence-corrected chi connectivity index (χ3v) is 5.04. The number of aliphatic hydroxyl groups excluding tert-OH is 4. The van der Waals surface area contributed by atoms with Gasteiger partial charge in [-0.25, -0.2) is 4.28 Å². The first-order valence-electron chi connectivity index (χ1n) is 7.59. The number of aliphatic hydroxyl groups is 4. The van der Waals surface area contributed by atoms with Gasteiger partial charge in [0.05, 0.1) is 6.61 Å². The number of para-hydroxylation sites is 1. The van der Waals surface area contributed by atoms with Gasteiger partial charge in [0.2, 0.25) is 0 Å². The lowest BCUT2D eigenvalue weighted by molar-refractivity contribution is -0.205. The highest BCUT2D eigenvalue weighted by atomic mass is 32.3. The third kappa shape index (κ3) is 6.02. The number of hydrogen-bond donors (Lipinski definition) is 6. The van der Waals surface area contributed by atoms with Gasteiger partial charge in [0, 0.05) is 12.0 Å². The van der Waals surface area contributed by atoms with Crippen LogP contribution in [0.25, 0.3) is 0 Å². The summed E-state index contributed by atoms with van der Waals surface area (Å²) in [4.78, 5) is 0. The van der Waals surface area contributed by atoms with E-state index in [0.717, 1.165) is 0 Å². The molecule has 1 saturated heterocycles. The Bertz CT molecular complexity index is 769. The van der Waals surface area contributed by atoms with E-state index in [1.165, 1.54) is 12.1 Å². The minimum Gasteiger partial charge on any atom is -0.508 e. The van der Waals surface area contributed by atoms with E-state index in [1.807, 2.05) is 0 Å². The number of aromatic hydroxyl groups is 1. The SMILES string of the molecule is O=S(=O)(O)O/N=C(\Cc1ccccc1O)S[C@H]1O[C@@H](CO)[C@H](O)[C@@H](O)[C@H]1O. The minimum atomic E-state index is -4.91. The van der Waals surface area contributed by atoms with Crippen molar-refractivity contribution in [1.29, 1.82) is 0 Å². The maximum Gasteiger partial charge on any atom is 0.466 e. The molecule has 11 nitrogen and oxygen atoms in total. The first-order valence-corrected chi connectivity index (χ1v) is 9.84. The number of phenols is 1. The summed E-state index contributed by atoms with van der Waals surface area (Å²) >= 11 is 0.627. The largest absolute Gasteiger partial charge is 0.508 e. The number of ether oxygens (including phenoxy) is 1. The zero-order chi connectivity index (χ0) is 20.2. The average molecular weight is 425 g/mol. The molecule has 1 aliphatic heterocycles. The van der Waals surface area contributed by atoms with Crippen molar-refractivity contribution in [2.24, 2.45) is 5.16 Å². The second kappa shape index (κ2) is 9.16. The fourth-order valence-electron chi connectivity index (χ4n) is 2.31. The van der Waals surface area contributed by atoms with Crippen LogP contribution in [0.15, 0.2) is 29.4 Å². The quantitative estimate of drug-likeness (QED) is 0.136. The fourth-order valence-corrected chi connectivity index (χ4v) is 3.62. The summed E-state index contributed by atoms with van der Waals surface area (Å²) in [6.07, 6.45) is -6.14.